The summed E-state index contributed by atoms with van der Waals surface area (Å²) in [5, 5.41) is 3.76. The topological polar surface area (TPSA) is 15.3 Å². The molecule has 0 radical (unpaired) electrons. The summed E-state index contributed by atoms with van der Waals surface area (Å²) >= 11 is 1.80. The molecule has 1 N–H and O–H groups in total. The fourth-order valence-corrected chi connectivity index (χ4v) is 3.26. The smallest absolute Gasteiger partial charge is 0.0387 e. The van der Waals surface area contributed by atoms with Crippen LogP contribution in [-0.2, 0) is 0 Å². The van der Waals surface area contributed by atoms with Crippen molar-refractivity contribution in [3.8, 4) is 0 Å². The van der Waals surface area contributed by atoms with Crippen molar-refractivity contribution >= 4 is 17.4 Å². The van der Waals surface area contributed by atoms with E-state index >= 15 is 0 Å². The standard InChI is InChI=1S/C16H26N2S/c1-5-16(6-2)12-18(13(3)11-17-16)14-7-9-15(19-4)10-8-14/h7-10,13,17H,5-6,11-12H2,1-4H3. The maximum atomic E-state index is 3.76. The van der Waals surface area contributed by atoms with Gasteiger partial charge in [0.2, 0.25) is 0 Å². The van der Waals surface area contributed by atoms with Crippen LogP contribution in [-0.4, -0.2) is 30.9 Å². The minimum Gasteiger partial charge on any atom is -0.366 e. The van der Waals surface area contributed by atoms with Gasteiger partial charge in [0.15, 0.2) is 0 Å². The summed E-state index contributed by atoms with van der Waals surface area (Å²) in [4.78, 5) is 3.90. The van der Waals surface area contributed by atoms with Crippen LogP contribution in [0.5, 0.6) is 0 Å². The van der Waals surface area contributed by atoms with Gasteiger partial charge in [-0.15, -0.1) is 11.8 Å². The number of rotatable bonds is 4. The van der Waals surface area contributed by atoms with Gasteiger partial charge in [0.25, 0.3) is 0 Å². The van der Waals surface area contributed by atoms with Gasteiger partial charge < -0.3 is 10.2 Å². The van der Waals surface area contributed by atoms with Crippen LogP contribution in [0.1, 0.15) is 33.6 Å². The molecular weight excluding hydrogens is 252 g/mol. The quantitative estimate of drug-likeness (QED) is 0.844. The predicted octanol–water partition coefficient (Wildman–Crippen LogP) is 3.77. The minimum atomic E-state index is 0.282. The number of hydrogen-bond acceptors (Lipinski definition) is 3. The first-order chi connectivity index (χ1) is 9.14. The van der Waals surface area contributed by atoms with Crippen LogP contribution in [0.4, 0.5) is 5.69 Å². The van der Waals surface area contributed by atoms with Crippen molar-refractivity contribution in [2.75, 3.05) is 24.2 Å². The zero-order valence-electron chi connectivity index (χ0n) is 12.6. The highest BCUT2D eigenvalue weighted by Gasteiger charge is 2.35. The molecule has 2 rings (SSSR count). The Morgan fingerprint density at radius 3 is 2.42 bits per heavy atom. The molecule has 1 aromatic rings. The Hall–Kier alpha value is -0.670. The van der Waals surface area contributed by atoms with E-state index in [4.69, 9.17) is 0 Å². The summed E-state index contributed by atoms with van der Waals surface area (Å²) < 4.78 is 0. The molecule has 0 spiro atoms. The van der Waals surface area contributed by atoms with Gasteiger partial charge in [-0.05, 0) is 50.3 Å². The highest BCUT2D eigenvalue weighted by molar-refractivity contribution is 7.98. The third kappa shape index (κ3) is 3.09. The molecule has 0 saturated carbocycles. The molecule has 2 nitrogen and oxygen atoms in total. The van der Waals surface area contributed by atoms with Crippen LogP contribution < -0.4 is 10.2 Å². The lowest BCUT2D eigenvalue weighted by Crippen LogP contribution is -2.63. The molecule has 19 heavy (non-hydrogen) atoms. The number of nitrogens with zero attached hydrogens (tertiary/aromatic N) is 1. The molecule has 1 fully saturated rings. The van der Waals surface area contributed by atoms with E-state index in [0.29, 0.717) is 6.04 Å². The molecule has 0 amide bonds. The van der Waals surface area contributed by atoms with Crippen molar-refractivity contribution in [3.05, 3.63) is 24.3 Å². The number of benzene rings is 1. The third-order valence-corrected chi connectivity index (χ3v) is 5.28. The second-order valence-electron chi connectivity index (χ2n) is 5.54. The SMILES string of the molecule is CCC1(CC)CN(c2ccc(SC)cc2)C(C)CN1. The average Bonchev–Trinajstić information content (AvgIpc) is 2.48. The molecule has 1 aromatic carbocycles. The number of hydrogen-bond donors (Lipinski definition) is 1. The summed E-state index contributed by atoms with van der Waals surface area (Å²) in [6.07, 6.45) is 4.51. The van der Waals surface area contributed by atoms with E-state index in [0.717, 1.165) is 13.1 Å². The van der Waals surface area contributed by atoms with E-state index in [1.807, 2.05) is 0 Å². The molecule has 0 aromatic heterocycles. The van der Waals surface area contributed by atoms with Crippen molar-refractivity contribution in [2.24, 2.45) is 0 Å². The first kappa shape index (κ1) is 14.7. The van der Waals surface area contributed by atoms with Gasteiger partial charge in [-0.2, -0.15) is 0 Å². The summed E-state index contributed by atoms with van der Waals surface area (Å²) in [5.74, 6) is 0. The van der Waals surface area contributed by atoms with Gasteiger partial charge in [0.05, 0.1) is 0 Å². The first-order valence-corrected chi connectivity index (χ1v) is 8.52. The predicted molar refractivity (Wildman–Crippen MR) is 86.3 cm³/mol. The van der Waals surface area contributed by atoms with Gasteiger partial charge in [-0.3, -0.25) is 0 Å². The molecule has 0 aliphatic carbocycles. The summed E-state index contributed by atoms with van der Waals surface area (Å²) in [7, 11) is 0. The number of anilines is 1. The van der Waals surface area contributed by atoms with E-state index < -0.39 is 0 Å². The Balaban J connectivity index is 2.20. The summed E-state index contributed by atoms with van der Waals surface area (Å²) in [6, 6.07) is 9.56. The molecule has 1 atom stereocenters. The normalized spacial score (nSPS) is 22.5. The van der Waals surface area contributed by atoms with Crippen LogP contribution in [0.2, 0.25) is 0 Å². The lowest BCUT2D eigenvalue weighted by Gasteiger charge is -2.47. The molecule has 1 heterocycles. The minimum absolute atomic E-state index is 0.282. The van der Waals surface area contributed by atoms with E-state index in [-0.39, 0.29) is 5.54 Å². The maximum absolute atomic E-state index is 3.76. The number of nitrogens with one attached hydrogen (secondary N) is 1. The molecule has 1 unspecified atom stereocenters. The van der Waals surface area contributed by atoms with Gasteiger partial charge in [0.1, 0.15) is 0 Å². The fourth-order valence-electron chi connectivity index (χ4n) is 2.86. The van der Waals surface area contributed by atoms with Crippen molar-refractivity contribution in [1.82, 2.24) is 5.32 Å². The monoisotopic (exact) mass is 278 g/mol. The fraction of sp³-hybridized carbons (Fsp3) is 0.625. The van der Waals surface area contributed by atoms with Crippen LogP contribution >= 0.6 is 11.8 Å². The van der Waals surface area contributed by atoms with E-state index in [1.165, 1.54) is 23.4 Å². The Kier molecular flexibility index (Phi) is 4.80. The Morgan fingerprint density at radius 2 is 1.89 bits per heavy atom. The van der Waals surface area contributed by atoms with E-state index in [2.05, 4.69) is 61.5 Å². The lowest BCUT2D eigenvalue weighted by atomic mass is 9.88. The molecule has 1 saturated heterocycles. The third-order valence-electron chi connectivity index (χ3n) is 4.54. The van der Waals surface area contributed by atoms with Gasteiger partial charge in [-0.25, -0.2) is 0 Å². The molecular formula is C16H26N2S. The van der Waals surface area contributed by atoms with Crippen LogP contribution in [0.25, 0.3) is 0 Å². The van der Waals surface area contributed by atoms with Gasteiger partial charge >= 0.3 is 0 Å². The first-order valence-electron chi connectivity index (χ1n) is 7.30. The second-order valence-corrected chi connectivity index (χ2v) is 6.42. The second kappa shape index (κ2) is 6.19. The maximum Gasteiger partial charge on any atom is 0.0387 e. The summed E-state index contributed by atoms with van der Waals surface area (Å²) in [5.41, 5.74) is 1.64. The van der Waals surface area contributed by atoms with Gasteiger partial charge in [0, 0.05) is 35.3 Å². The van der Waals surface area contributed by atoms with Crippen molar-refractivity contribution in [1.29, 1.82) is 0 Å². The Morgan fingerprint density at radius 1 is 1.26 bits per heavy atom. The lowest BCUT2D eigenvalue weighted by molar-refractivity contribution is 0.254. The van der Waals surface area contributed by atoms with E-state index in [9.17, 15) is 0 Å². The van der Waals surface area contributed by atoms with Crippen LogP contribution in [0, 0.1) is 0 Å². The summed E-state index contributed by atoms with van der Waals surface area (Å²) in [6.45, 7) is 9.08. The average molecular weight is 278 g/mol. The molecule has 0 bridgehead atoms. The molecule has 3 heteroatoms. The van der Waals surface area contributed by atoms with Crippen molar-refractivity contribution in [3.63, 3.8) is 0 Å². The van der Waals surface area contributed by atoms with Gasteiger partial charge in [-0.1, -0.05) is 13.8 Å². The van der Waals surface area contributed by atoms with E-state index in [1.54, 1.807) is 11.8 Å². The molecule has 106 valence electrons. The Bertz CT molecular complexity index is 398. The largest absolute Gasteiger partial charge is 0.366 e. The highest BCUT2D eigenvalue weighted by Crippen LogP contribution is 2.28. The van der Waals surface area contributed by atoms with Crippen LogP contribution in [0.3, 0.4) is 0 Å². The highest BCUT2D eigenvalue weighted by atomic mass is 32.2. The number of thioether (sulfide) groups is 1. The zero-order valence-corrected chi connectivity index (χ0v) is 13.4. The Labute approximate surface area is 122 Å². The van der Waals surface area contributed by atoms with Crippen LogP contribution in [0.15, 0.2) is 29.2 Å². The number of piperazine rings is 1. The van der Waals surface area contributed by atoms with Crippen molar-refractivity contribution in [2.45, 2.75) is 50.1 Å². The molecule has 1 aliphatic heterocycles. The van der Waals surface area contributed by atoms with Crippen molar-refractivity contribution < 1.29 is 0 Å². The zero-order chi connectivity index (χ0) is 13.9. The molecule has 1 aliphatic rings.